The highest BCUT2D eigenvalue weighted by molar-refractivity contribution is 7.89. The lowest BCUT2D eigenvalue weighted by Crippen LogP contribution is -2.23. The van der Waals surface area contributed by atoms with E-state index >= 15 is 0 Å². The lowest BCUT2D eigenvalue weighted by atomic mass is 10.2. The number of carbonyl (C=O) groups excluding carboxylic acids is 1. The molecule has 0 aliphatic heterocycles. The first-order chi connectivity index (χ1) is 14.7. The molecule has 0 radical (unpaired) electrons. The number of rotatable bonds is 7. The Morgan fingerprint density at radius 1 is 1.00 bits per heavy atom. The van der Waals surface area contributed by atoms with Gasteiger partial charge in [-0.1, -0.05) is 53.0 Å². The Labute approximate surface area is 191 Å². The summed E-state index contributed by atoms with van der Waals surface area (Å²) in [5.41, 5.74) is 2.30. The molecule has 0 bridgehead atoms. The average molecular weight is 479 g/mol. The summed E-state index contributed by atoms with van der Waals surface area (Å²) >= 11 is 12.0. The van der Waals surface area contributed by atoms with Gasteiger partial charge < -0.3 is 10.1 Å². The van der Waals surface area contributed by atoms with Gasteiger partial charge in [-0.25, -0.2) is 13.1 Å². The standard InChI is InChI=1S/C22H20Cl2N2O4S/c1-14-3-5-15(6-4-14)13-25-31(28,29)17-8-10-21(30-2)20(12-17)26-22(27)18-9-7-16(23)11-19(18)24/h3-12,25H,13H2,1-2H3,(H,26,27). The minimum Gasteiger partial charge on any atom is -0.495 e. The molecule has 31 heavy (non-hydrogen) atoms. The Hall–Kier alpha value is -2.58. The van der Waals surface area contributed by atoms with E-state index in [0.29, 0.717) is 10.8 Å². The van der Waals surface area contributed by atoms with Gasteiger partial charge in [-0.3, -0.25) is 4.79 Å². The summed E-state index contributed by atoms with van der Waals surface area (Å²) in [6.45, 7) is 2.09. The Balaban J connectivity index is 1.83. The molecule has 0 atom stereocenters. The second-order valence-electron chi connectivity index (χ2n) is 6.75. The summed E-state index contributed by atoms with van der Waals surface area (Å²) in [6, 6.07) is 16.2. The van der Waals surface area contributed by atoms with Gasteiger partial charge >= 0.3 is 0 Å². The van der Waals surface area contributed by atoms with Crippen molar-refractivity contribution < 1.29 is 17.9 Å². The summed E-state index contributed by atoms with van der Waals surface area (Å²) < 4.78 is 33.4. The van der Waals surface area contributed by atoms with E-state index in [1.54, 1.807) is 0 Å². The van der Waals surface area contributed by atoms with Gasteiger partial charge in [0.25, 0.3) is 5.91 Å². The van der Waals surface area contributed by atoms with Crippen molar-refractivity contribution in [3.8, 4) is 5.75 Å². The van der Waals surface area contributed by atoms with Crippen molar-refractivity contribution in [2.75, 3.05) is 12.4 Å². The van der Waals surface area contributed by atoms with Crippen molar-refractivity contribution in [3.05, 3.63) is 87.4 Å². The largest absolute Gasteiger partial charge is 0.495 e. The van der Waals surface area contributed by atoms with Gasteiger partial charge in [-0.15, -0.1) is 0 Å². The molecule has 3 aromatic carbocycles. The molecular weight excluding hydrogens is 459 g/mol. The number of hydrogen-bond donors (Lipinski definition) is 2. The number of nitrogens with one attached hydrogen (secondary N) is 2. The molecule has 0 saturated carbocycles. The topological polar surface area (TPSA) is 84.5 Å². The number of hydrogen-bond acceptors (Lipinski definition) is 4. The Bertz CT molecular complexity index is 1210. The molecule has 0 fully saturated rings. The Morgan fingerprint density at radius 3 is 2.35 bits per heavy atom. The highest BCUT2D eigenvalue weighted by Crippen LogP contribution is 2.29. The van der Waals surface area contributed by atoms with Gasteiger partial charge in [0, 0.05) is 11.6 Å². The summed E-state index contributed by atoms with van der Waals surface area (Å²) in [4.78, 5) is 12.6. The van der Waals surface area contributed by atoms with Crippen molar-refractivity contribution in [1.82, 2.24) is 4.72 Å². The quantitative estimate of drug-likeness (QED) is 0.497. The Kier molecular flexibility index (Phi) is 7.23. The van der Waals surface area contributed by atoms with Crippen LogP contribution < -0.4 is 14.8 Å². The maximum atomic E-state index is 12.8. The third-order valence-electron chi connectivity index (χ3n) is 4.49. The van der Waals surface area contributed by atoms with Crippen molar-refractivity contribution in [2.24, 2.45) is 0 Å². The molecule has 3 rings (SSSR count). The number of aryl methyl sites for hydroxylation is 1. The predicted molar refractivity (Wildman–Crippen MR) is 123 cm³/mol. The van der Waals surface area contributed by atoms with E-state index in [1.807, 2.05) is 31.2 Å². The summed E-state index contributed by atoms with van der Waals surface area (Å²) in [5.74, 6) is -0.224. The monoisotopic (exact) mass is 478 g/mol. The van der Waals surface area contributed by atoms with Crippen LogP contribution in [0.4, 0.5) is 5.69 Å². The minimum atomic E-state index is -3.83. The maximum absolute atomic E-state index is 12.8. The van der Waals surface area contributed by atoms with E-state index in [2.05, 4.69) is 10.0 Å². The molecule has 1 amide bonds. The molecule has 0 saturated heterocycles. The number of methoxy groups -OCH3 is 1. The smallest absolute Gasteiger partial charge is 0.257 e. The van der Waals surface area contributed by atoms with Gasteiger partial charge in [0.15, 0.2) is 0 Å². The first-order valence-corrected chi connectivity index (χ1v) is 11.4. The molecule has 162 valence electrons. The van der Waals surface area contributed by atoms with Crippen molar-refractivity contribution >= 4 is 44.8 Å². The highest BCUT2D eigenvalue weighted by Gasteiger charge is 2.19. The molecule has 0 aromatic heterocycles. The van der Waals surface area contributed by atoms with Crippen LogP contribution in [0, 0.1) is 6.92 Å². The maximum Gasteiger partial charge on any atom is 0.257 e. The van der Waals surface area contributed by atoms with E-state index in [-0.39, 0.29) is 27.7 Å². The number of benzene rings is 3. The molecule has 9 heteroatoms. The van der Waals surface area contributed by atoms with Crippen LogP contribution in [0.3, 0.4) is 0 Å². The van der Waals surface area contributed by atoms with Crippen LogP contribution in [0.15, 0.2) is 65.6 Å². The number of amides is 1. The fourth-order valence-electron chi connectivity index (χ4n) is 2.78. The van der Waals surface area contributed by atoms with Gasteiger partial charge in [0.05, 0.1) is 28.3 Å². The van der Waals surface area contributed by atoms with E-state index in [4.69, 9.17) is 27.9 Å². The number of anilines is 1. The van der Waals surface area contributed by atoms with Crippen LogP contribution in [0.2, 0.25) is 10.0 Å². The fourth-order valence-corrected chi connectivity index (χ4v) is 4.32. The molecule has 6 nitrogen and oxygen atoms in total. The van der Waals surface area contributed by atoms with Crippen LogP contribution in [0.1, 0.15) is 21.5 Å². The van der Waals surface area contributed by atoms with Crippen molar-refractivity contribution in [1.29, 1.82) is 0 Å². The SMILES string of the molecule is COc1ccc(S(=O)(=O)NCc2ccc(C)cc2)cc1NC(=O)c1ccc(Cl)cc1Cl. The van der Waals surface area contributed by atoms with Gasteiger partial charge in [0.1, 0.15) is 5.75 Å². The Morgan fingerprint density at radius 2 is 1.71 bits per heavy atom. The van der Waals surface area contributed by atoms with Gasteiger partial charge in [-0.2, -0.15) is 0 Å². The van der Waals surface area contributed by atoms with Gasteiger partial charge in [-0.05, 0) is 48.9 Å². The number of halogens is 2. The van der Waals surface area contributed by atoms with E-state index in [9.17, 15) is 13.2 Å². The van der Waals surface area contributed by atoms with Crippen LogP contribution in [0.5, 0.6) is 5.75 Å². The summed E-state index contributed by atoms with van der Waals surface area (Å²) in [6.07, 6.45) is 0. The molecule has 0 spiro atoms. The van der Waals surface area contributed by atoms with Gasteiger partial charge in [0.2, 0.25) is 10.0 Å². The molecule has 2 N–H and O–H groups in total. The number of carbonyl (C=O) groups is 1. The lowest BCUT2D eigenvalue weighted by molar-refractivity contribution is 0.102. The summed E-state index contributed by atoms with van der Waals surface area (Å²) in [5, 5.41) is 3.22. The van der Waals surface area contributed by atoms with Crippen molar-refractivity contribution in [2.45, 2.75) is 18.4 Å². The third kappa shape index (κ3) is 5.77. The first kappa shape index (κ1) is 23.1. The highest BCUT2D eigenvalue weighted by atomic mass is 35.5. The predicted octanol–water partition coefficient (Wildman–Crippen LogP) is 5.04. The second-order valence-corrected chi connectivity index (χ2v) is 9.36. The zero-order valence-electron chi connectivity index (χ0n) is 16.8. The molecule has 0 unspecified atom stereocenters. The van der Waals surface area contributed by atoms with Crippen LogP contribution in [-0.4, -0.2) is 21.4 Å². The van der Waals surface area contributed by atoms with Crippen LogP contribution in [0.25, 0.3) is 0 Å². The van der Waals surface area contributed by atoms with Crippen LogP contribution in [-0.2, 0) is 16.6 Å². The molecule has 0 aliphatic rings. The molecule has 0 heterocycles. The molecular formula is C22H20Cl2N2O4S. The van der Waals surface area contributed by atoms with E-state index in [0.717, 1.165) is 11.1 Å². The lowest BCUT2D eigenvalue weighted by Gasteiger charge is -2.14. The fraction of sp³-hybridized carbons (Fsp3) is 0.136. The van der Waals surface area contributed by atoms with Crippen molar-refractivity contribution in [3.63, 3.8) is 0 Å². The zero-order chi connectivity index (χ0) is 22.6. The first-order valence-electron chi connectivity index (χ1n) is 9.19. The number of ether oxygens (including phenoxy) is 1. The molecule has 0 aliphatic carbocycles. The van der Waals surface area contributed by atoms with E-state index in [1.165, 1.54) is 43.5 Å². The second kappa shape index (κ2) is 9.70. The zero-order valence-corrected chi connectivity index (χ0v) is 19.1. The summed E-state index contributed by atoms with van der Waals surface area (Å²) in [7, 11) is -2.41. The minimum absolute atomic E-state index is 0.0158. The normalized spacial score (nSPS) is 11.2. The average Bonchev–Trinajstić information content (AvgIpc) is 2.73. The molecule has 3 aromatic rings. The number of sulfonamides is 1. The van der Waals surface area contributed by atoms with E-state index < -0.39 is 15.9 Å². The third-order valence-corrected chi connectivity index (χ3v) is 6.44. The van der Waals surface area contributed by atoms with Crippen LogP contribution >= 0.6 is 23.2 Å².